The van der Waals surface area contributed by atoms with Crippen molar-refractivity contribution >= 4 is 26.8 Å². The first kappa shape index (κ1) is 20.5. The van der Waals surface area contributed by atoms with Crippen LogP contribution in [-0.4, -0.2) is 24.3 Å². The van der Waals surface area contributed by atoms with Gasteiger partial charge in [0.2, 0.25) is 0 Å². The van der Waals surface area contributed by atoms with Crippen LogP contribution in [0.1, 0.15) is 49.4 Å². The Labute approximate surface area is 181 Å². The van der Waals surface area contributed by atoms with Crippen molar-refractivity contribution in [2.75, 3.05) is 13.2 Å². The molecule has 4 rings (SSSR count). The molecule has 2 aromatic carbocycles. The Morgan fingerprint density at radius 2 is 1.93 bits per heavy atom. The molecule has 1 unspecified atom stereocenters. The van der Waals surface area contributed by atoms with Crippen molar-refractivity contribution in [3.8, 4) is 11.1 Å². The molecule has 3 aromatic rings. The standard InChI is InChI=1S/C25H28BrNO2/c1-17(2)24-10-9-20-12-21(13-22(14-26)25(20)27-24)19-7-5-18(6-8-19)15-29-23-4-3-11-28-16-23/h5-10,12-13,17,23H,3-4,11,14-16H2,1-2H3. The Bertz CT molecular complexity index is 962. The Hall–Kier alpha value is -1.75. The predicted octanol–water partition coefficient (Wildman–Crippen LogP) is 6.62. The quantitative estimate of drug-likeness (QED) is 0.393. The van der Waals surface area contributed by atoms with Gasteiger partial charge in [-0.15, -0.1) is 0 Å². The van der Waals surface area contributed by atoms with Crippen molar-refractivity contribution in [3.05, 3.63) is 65.4 Å². The minimum Gasteiger partial charge on any atom is -0.379 e. The third-order valence-corrected chi connectivity index (χ3v) is 6.12. The van der Waals surface area contributed by atoms with Gasteiger partial charge in [0.25, 0.3) is 0 Å². The number of nitrogens with zero attached hydrogens (tertiary/aromatic N) is 1. The lowest BCUT2D eigenvalue weighted by Crippen LogP contribution is -2.25. The second-order valence-corrected chi connectivity index (χ2v) is 8.64. The lowest BCUT2D eigenvalue weighted by Gasteiger charge is -2.22. The van der Waals surface area contributed by atoms with E-state index in [9.17, 15) is 0 Å². The van der Waals surface area contributed by atoms with E-state index in [2.05, 4.69) is 78.3 Å². The van der Waals surface area contributed by atoms with Crippen LogP contribution in [0.3, 0.4) is 0 Å². The van der Waals surface area contributed by atoms with E-state index in [1.807, 2.05) is 0 Å². The highest BCUT2D eigenvalue weighted by Crippen LogP contribution is 2.30. The molecule has 0 aliphatic carbocycles. The molecule has 1 atom stereocenters. The molecule has 1 saturated heterocycles. The highest BCUT2D eigenvalue weighted by molar-refractivity contribution is 9.08. The Morgan fingerprint density at radius 1 is 1.10 bits per heavy atom. The highest BCUT2D eigenvalue weighted by Gasteiger charge is 2.14. The van der Waals surface area contributed by atoms with Gasteiger partial charge in [-0.3, -0.25) is 4.98 Å². The summed E-state index contributed by atoms with van der Waals surface area (Å²) in [5.74, 6) is 0.428. The molecule has 1 aromatic heterocycles. The molecule has 0 saturated carbocycles. The number of aromatic nitrogens is 1. The van der Waals surface area contributed by atoms with Crippen LogP contribution in [-0.2, 0) is 21.4 Å². The smallest absolute Gasteiger partial charge is 0.0813 e. The highest BCUT2D eigenvalue weighted by atomic mass is 79.9. The maximum absolute atomic E-state index is 6.00. The number of ether oxygens (including phenoxy) is 2. The summed E-state index contributed by atoms with van der Waals surface area (Å²) in [7, 11) is 0. The maximum atomic E-state index is 6.00. The summed E-state index contributed by atoms with van der Waals surface area (Å²) < 4.78 is 11.5. The predicted molar refractivity (Wildman–Crippen MR) is 123 cm³/mol. The fraction of sp³-hybridized carbons (Fsp3) is 0.400. The lowest BCUT2D eigenvalue weighted by atomic mass is 9.98. The minimum absolute atomic E-state index is 0.230. The third kappa shape index (κ3) is 4.88. The van der Waals surface area contributed by atoms with Crippen LogP contribution in [0.5, 0.6) is 0 Å². The van der Waals surface area contributed by atoms with Gasteiger partial charge in [-0.2, -0.15) is 0 Å². The van der Waals surface area contributed by atoms with Crippen molar-refractivity contribution in [2.24, 2.45) is 0 Å². The van der Waals surface area contributed by atoms with E-state index in [1.54, 1.807) is 0 Å². The molecule has 29 heavy (non-hydrogen) atoms. The summed E-state index contributed by atoms with van der Waals surface area (Å²) in [4.78, 5) is 4.91. The van der Waals surface area contributed by atoms with Gasteiger partial charge in [0.1, 0.15) is 0 Å². The molecule has 0 N–H and O–H groups in total. The van der Waals surface area contributed by atoms with Crippen molar-refractivity contribution in [1.82, 2.24) is 4.98 Å². The van der Waals surface area contributed by atoms with Crippen molar-refractivity contribution < 1.29 is 9.47 Å². The van der Waals surface area contributed by atoms with Crippen molar-refractivity contribution in [3.63, 3.8) is 0 Å². The lowest BCUT2D eigenvalue weighted by molar-refractivity contribution is -0.0568. The van der Waals surface area contributed by atoms with Crippen molar-refractivity contribution in [2.45, 2.75) is 50.6 Å². The number of hydrogen-bond acceptors (Lipinski definition) is 3. The Balaban J connectivity index is 1.55. The summed E-state index contributed by atoms with van der Waals surface area (Å²) in [6.45, 7) is 6.59. The molecule has 1 aliphatic rings. The van der Waals surface area contributed by atoms with Gasteiger partial charge >= 0.3 is 0 Å². The van der Waals surface area contributed by atoms with Crippen LogP contribution in [0, 0.1) is 0 Å². The number of halogens is 1. The van der Waals surface area contributed by atoms with Gasteiger partial charge in [-0.1, -0.05) is 60.1 Å². The first-order valence-corrected chi connectivity index (χ1v) is 11.5. The summed E-state index contributed by atoms with van der Waals surface area (Å²) in [6, 6.07) is 17.5. The van der Waals surface area contributed by atoms with Gasteiger partial charge in [-0.05, 0) is 59.2 Å². The molecule has 0 radical (unpaired) electrons. The molecule has 0 spiro atoms. The van der Waals surface area contributed by atoms with E-state index in [-0.39, 0.29) is 6.10 Å². The molecular formula is C25H28BrNO2. The van der Waals surface area contributed by atoms with E-state index in [1.165, 1.54) is 27.6 Å². The largest absolute Gasteiger partial charge is 0.379 e. The van der Waals surface area contributed by atoms with Crippen molar-refractivity contribution in [1.29, 1.82) is 0 Å². The fourth-order valence-electron chi connectivity index (χ4n) is 3.76. The van der Waals surface area contributed by atoms with Gasteiger partial charge in [-0.25, -0.2) is 0 Å². The second kappa shape index (κ2) is 9.38. The maximum Gasteiger partial charge on any atom is 0.0813 e. The van der Waals surface area contributed by atoms with Gasteiger partial charge in [0, 0.05) is 23.0 Å². The second-order valence-electron chi connectivity index (χ2n) is 8.08. The molecule has 152 valence electrons. The zero-order chi connectivity index (χ0) is 20.2. The van der Waals surface area contributed by atoms with Crippen LogP contribution >= 0.6 is 15.9 Å². The molecule has 2 heterocycles. The molecule has 4 heteroatoms. The fourth-order valence-corrected chi connectivity index (χ4v) is 4.19. The molecule has 1 aliphatic heterocycles. The van der Waals surface area contributed by atoms with Gasteiger partial charge in [0.15, 0.2) is 0 Å². The van der Waals surface area contributed by atoms with E-state index in [4.69, 9.17) is 14.5 Å². The topological polar surface area (TPSA) is 31.4 Å². The Kier molecular flexibility index (Phi) is 6.63. The number of hydrogen-bond donors (Lipinski definition) is 0. The van der Waals surface area contributed by atoms with Gasteiger partial charge < -0.3 is 9.47 Å². The summed E-state index contributed by atoms with van der Waals surface area (Å²) in [5, 5.41) is 1.98. The average Bonchev–Trinajstić information content (AvgIpc) is 2.77. The molecular weight excluding hydrogens is 426 g/mol. The number of rotatable bonds is 6. The number of fused-ring (bicyclic) bond motifs is 1. The first-order valence-electron chi connectivity index (χ1n) is 10.4. The summed E-state index contributed by atoms with van der Waals surface area (Å²) in [5.41, 5.74) is 7.09. The molecule has 0 amide bonds. The van der Waals surface area contributed by atoms with Crippen LogP contribution in [0.2, 0.25) is 0 Å². The SMILES string of the molecule is CC(C)c1ccc2cc(-c3ccc(COC4CCCOC4)cc3)cc(CBr)c2n1. The summed E-state index contributed by atoms with van der Waals surface area (Å²) >= 11 is 3.65. The number of pyridine rings is 1. The Morgan fingerprint density at radius 3 is 2.62 bits per heavy atom. The normalized spacial score (nSPS) is 17.2. The van der Waals surface area contributed by atoms with Crippen LogP contribution < -0.4 is 0 Å². The van der Waals surface area contributed by atoms with E-state index >= 15 is 0 Å². The van der Waals surface area contributed by atoms with E-state index < -0.39 is 0 Å². The average molecular weight is 454 g/mol. The number of benzene rings is 2. The van der Waals surface area contributed by atoms with Crippen LogP contribution in [0.15, 0.2) is 48.5 Å². The molecule has 1 fully saturated rings. The minimum atomic E-state index is 0.230. The van der Waals surface area contributed by atoms with E-state index in [0.717, 1.165) is 42.6 Å². The van der Waals surface area contributed by atoms with Crippen LogP contribution in [0.4, 0.5) is 0 Å². The molecule has 0 bridgehead atoms. The monoisotopic (exact) mass is 453 g/mol. The van der Waals surface area contributed by atoms with Gasteiger partial charge in [0.05, 0.1) is 24.8 Å². The number of alkyl halides is 1. The zero-order valence-electron chi connectivity index (χ0n) is 17.2. The first-order chi connectivity index (χ1) is 14.1. The zero-order valence-corrected chi connectivity index (χ0v) is 18.7. The third-order valence-electron chi connectivity index (χ3n) is 5.52. The summed E-state index contributed by atoms with van der Waals surface area (Å²) in [6.07, 6.45) is 2.42. The molecule has 3 nitrogen and oxygen atoms in total. The van der Waals surface area contributed by atoms with E-state index in [0.29, 0.717) is 12.5 Å². The van der Waals surface area contributed by atoms with Crippen LogP contribution in [0.25, 0.3) is 22.0 Å².